The summed E-state index contributed by atoms with van der Waals surface area (Å²) >= 11 is 7.00. The van der Waals surface area contributed by atoms with Gasteiger partial charge in [0.05, 0.1) is 12.7 Å². The first kappa shape index (κ1) is 20.7. The van der Waals surface area contributed by atoms with Crippen LogP contribution in [0.25, 0.3) is 33.3 Å². The summed E-state index contributed by atoms with van der Waals surface area (Å²) in [7, 11) is 1.54. The number of carbonyl (C=O) groups excluding carboxylic acids is 1. The molecule has 1 heterocycles. The number of ether oxygens (including phenoxy) is 1. The first-order valence-electron chi connectivity index (χ1n) is 9.76. The molecule has 0 saturated carbocycles. The molecular weight excluding hydrogens is 536 g/mol. The van der Waals surface area contributed by atoms with Crippen LogP contribution in [0, 0.1) is 0 Å². The Kier molecular flexibility index (Phi) is 5.45. The third-order valence-corrected chi connectivity index (χ3v) is 6.34. The minimum absolute atomic E-state index is 0.273. The Balaban J connectivity index is 1.50. The highest BCUT2D eigenvalue weighted by molar-refractivity contribution is 9.11. The second-order valence-corrected chi connectivity index (χ2v) is 8.91. The van der Waals surface area contributed by atoms with Crippen molar-refractivity contribution in [2.45, 2.75) is 0 Å². The van der Waals surface area contributed by atoms with E-state index in [0.29, 0.717) is 34.0 Å². The zero-order chi connectivity index (χ0) is 22.2. The summed E-state index contributed by atoms with van der Waals surface area (Å²) in [5.74, 6) is 0.753. The van der Waals surface area contributed by atoms with Gasteiger partial charge in [-0.05, 0) is 59.3 Å². The molecule has 1 aromatic heterocycles. The molecule has 4 aromatic carbocycles. The molecule has 0 fully saturated rings. The number of rotatable bonds is 4. The van der Waals surface area contributed by atoms with Crippen molar-refractivity contribution >= 4 is 65.3 Å². The van der Waals surface area contributed by atoms with Crippen LogP contribution in [0.5, 0.6) is 5.75 Å². The van der Waals surface area contributed by atoms with E-state index in [-0.39, 0.29) is 5.91 Å². The fourth-order valence-electron chi connectivity index (χ4n) is 3.63. The van der Waals surface area contributed by atoms with Crippen LogP contribution < -0.4 is 10.1 Å². The average Bonchev–Trinajstić information content (AvgIpc) is 3.22. The molecule has 7 heteroatoms. The molecule has 0 aliphatic heterocycles. The van der Waals surface area contributed by atoms with E-state index in [1.165, 1.54) is 7.11 Å². The molecule has 0 unspecified atom stereocenters. The van der Waals surface area contributed by atoms with Crippen molar-refractivity contribution in [2.24, 2.45) is 0 Å². The summed E-state index contributed by atoms with van der Waals surface area (Å²) in [5.41, 5.74) is 3.26. The summed E-state index contributed by atoms with van der Waals surface area (Å²) in [4.78, 5) is 17.5. The van der Waals surface area contributed by atoms with Gasteiger partial charge in [-0.1, -0.05) is 56.1 Å². The Bertz CT molecular complexity index is 1490. The summed E-state index contributed by atoms with van der Waals surface area (Å²) in [5, 5.41) is 5.04. The minimum Gasteiger partial charge on any atom is -0.496 e. The molecule has 5 rings (SSSR count). The molecule has 0 bridgehead atoms. The van der Waals surface area contributed by atoms with Gasteiger partial charge in [0.25, 0.3) is 5.91 Å². The van der Waals surface area contributed by atoms with Crippen LogP contribution in [-0.4, -0.2) is 18.0 Å². The van der Waals surface area contributed by atoms with Gasteiger partial charge in [0, 0.05) is 20.2 Å². The predicted octanol–water partition coefficient (Wildman–Crippen LogP) is 7.43. The largest absolute Gasteiger partial charge is 0.496 e. The van der Waals surface area contributed by atoms with Gasteiger partial charge in [0.15, 0.2) is 5.58 Å². The van der Waals surface area contributed by atoms with Crippen molar-refractivity contribution in [2.75, 3.05) is 12.4 Å². The SMILES string of the molecule is COc1ccc(Br)cc1C(=O)Nc1ccc2oc(-c3cccc4c(Br)cccc34)nc2c1. The fraction of sp³-hybridized carbons (Fsp3) is 0.0400. The van der Waals surface area contributed by atoms with Crippen LogP contribution in [0.1, 0.15) is 10.4 Å². The van der Waals surface area contributed by atoms with Crippen LogP contribution in [0.4, 0.5) is 5.69 Å². The summed E-state index contributed by atoms with van der Waals surface area (Å²) in [6, 6.07) is 22.7. The molecule has 5 aromatic rings. The molecule has 5 nitrogen and oxygen atoms in total. The molecule has 0 saturated heterocycles. The van der Waals surface area contributed by atoms with Gasteiger partial charge in [-0.25, -0.2) is 4.98 Å². The Labute approximate surface area is 200 Å². The second kappa shape index (κ2) is 8.41. The van der Waals surface area contributed by atoms with E-state index in [9.17, 15) is 4.79 Å². The Morgan fingerprint density at radius 2 is 1.78 bits per heavy atom. The third-order valence-electron chi connectivity index (χ3n) is 5.15. The predicted molar refractivity (Wildman–Crippen MR) is 133 cm³/mol. The van der Waals surface area contributed by atoms with E-state index < -0.39 is 0 Å². The summed E-state index contributed by atoms with van der Waals surface area (Å²) in [6.45, 7) is 0. The smallest absolute Gasteiger partial charge is 0.259 e. The van der Waals surface area contributed by atoms with E-state index in [2.05, 4.69) is 48.2 Å². The van der Waals surface area contributed by atoms with Gasteiger partial charge < -0.3 is 14.5 Å². The number of carbonyl (C=O) groups is 1. The quantitative estimate of drug-likeness (QED) is 0.252. The molecule has 0 radical (unpaired) electrons. The van der Waals surface area contributed by atoms with Crippen molar-refractivity contribution < 1.29 is 13.9 Å². The van der Waals surface area contributed by atoms with E-state index in [1.807, 2.05) is 36.4 Å². The molecule has 1 amide bonds. The number of hydrogen-bond donors (Lipinski definition) is 1. The fourth-order valence-corrected chi connectivity index (χ4v) is 4.49. The van der Waals surface area contributed by atoms with Crippen LogP contribution in [-0.2, 0) is 0 Å². The standard InChI is InChI=1S/C25H16Br2N2O3/c1-31-22-10-8-14(26)12-19(22)24(30)28-15-9-11-23-21(13-15)29-25(32-23)18-6-2-5-17-16(18)4-3-7-20(17)27/h2-13H,1H3,(H,28,30). The second-order valence-electron chi connectivity index (χ2n) is 7.14. The number of hydrogen-bond acceptors (Lipinski definition) is 4. The van der Waals surface area contributed by atoms with Gasteiger partial charge in [-0.2, -0.15) is 0 Å². The van der Waals surface area contributed by atoms with Crippen LogP contribution in [0.3, 0.4) is 0 Å². The summed E-state index contributed by atoms with van der Waals surface area (Å²) in [6.07, 6.45) is 0. The first-order valence-corrected chi connectivity index (χ1v) is 11.4. The van der Waals surface area contributed by atoms with Gasteiger partial charge >= 0.3 is 0 Å². The van der Waals surface area contributed by atoms with E-state index in [1.54, 1.807) is 30.3 Å². The van der Waals surface area contributed by atoms with Gasteiger partial charge in [0.2, 0.25) is 5.89 Å². The van der Waals surface area contributed by atoms with E-state index >= 15 is 0 Å². The summed E-state index contributed by atoms with van der Waals surface area (Å²) < 4.78 is 13.2. The number of amides is 1. The average molecular weight is 552 g/mol. The number of fused-ring (bicyclic) bond motifs is 2. The van der Waals surface area contributed by atoms with Gasteiger partial charge in [-0.3, -0.25) is 4.79 Å². The Morgan fingerprint density at radius 3 is 2.62 bits per heavy atom. The third kappa shape index (κ3) is 3.78. The van der Waals surface area contributed by atoms with Crippen molar-refractivity contribution in [3.8, 4) is 17.2 Å². The normalized spacial score (nSPS) is 11.1. The highest BCUT2D eigenvalue weighted by atomic mass is 79.9. The molecule has 1 N–H and O–H groups in total. The Morgan fingerprint density at radius 1 is 0.969 bits per heavy atom. The number of nitrogens with one attached hydrogen (secondary N) is 1. The van der Waals surface area contributed by atoms with E-state index in [4.69, 9.17) is 9.15 Å². The van der Waals surface area contributed by atoms with Crippen LogP contribution in [0.15, 0.2) is 86.2 Å². The number of oxazole rings is 1. The molecule has 0 aliphatic carbocycles. The zero-order valence-electron chi connectivity index (χ0n) is 16.9. The highest BCUT2D eigenvalue weighted by Crippen LogP contribution is 2.34. The minimum atomic E-state index is -0.273. The molecule has 0 spiro atoms. The lowest BCUT2D eigenvalue weighted by Crippen LogP contribution is -2.13. The Hall–Kier alpha value is -3.16. The number of anilines is 1. The van der Waals surface area contributed by atoms with E-state index in [0.717, 1.165) is 25.3 Å². The maximum atomic E-state index is 12.8. The van der Waals surface area contributed by atoms with Gasteiger partial charge in [-0.15, -0.1) is 0 Å². The molecule has 158 valence electrons. The van der Waals surface area contributed by atoms with Crippen molar-refractivity contribution in [1.29, 1.82) is 0 Å². The lowest BCUT2D eigenvalue weighted by Gasteiger charge is -2.09. The van der Waals surface area contributed by atoms with Crippen molar-refractivity contribution in [1.82, 2.24) is 4.98 Å². The van der Waals surface area contributed by atoms with Crippen molar-refractivity contribution in [3.63, 3.8) is 0 Å². The van der Waals surface area contributed by atoms with Crippen LogP contribution in [0.2, 0.25) is 0 Å². The number of aromatic nitrogens is 1. The number of halogens is 2. The topological polar surface area (TPSA) is 64.4 Å². The van der Waals surface area contributed by atoms with Crippen molar-refractivity contribution in [3.05, 3.63) is 87.3 Å². The van der Waals surface area contributed by atoms with Gasteiger partial charge in [0.1, 0.15) is 11.3 Å². The molecule has 32 heavy (non-hydrogen) atoms. The maximum absolute atomic E-state index is 12.8. The lowest BCUT2D eigenvalue weighted by molar-refractivity contribution is 0.102. The highest BCUT2D eigenvalue weighted by Gasteiger charge is 2.16. The first-order chi connectivity index (χ1) is 15.5. The number of benzene rings is 4. The number of methoxy groups -OCH3 is 1. The molecule has 0 aliphatic rings. The number of nitrogens with zero attached hydrogens (tertiary/aromatic N) is 1. The zero-order valence-corrected chi connectivity index (χ0v) is 20.0. The van der Waals surface area contributed by atoms with Crippen LogP contribution >= 0.6 is 31.9 Å². The molecule has 0 atom stereocenters. The monoisotopic (exact) mass is 550 g/mol. The molecular formula is C25H16Br2N2O3. The maximum Gasteiger partial charge on any atom is 0.259 e. The lowest BCUT2D eigenvalue weighted by atomic mass is 10.0.